The minimum absolute atomic E-state index is 0.00710. The summed E-state index contributed by atoms with van der Waals surface area (Å²) in [6.07, 6.45) is 0. The highest BCUT2D eigenvalue weighted by atomic mass is 32.2. The standard InChI is InChI=1S/C21H24N4O5S/c1-14-3-2-4-15(11-14)19(25-7-9-30-10-8-25)13-22-31(28,29)16-5-6-17-18(12-16)24-21(27)20(26)23-17/h2-6,11-12,19,22H,7-10,13H2,1H3,(H,23,26)(H,24,27). The second-order valence-electron chi connectivity index (χ2n) is 7.55. The van der Waals surface area contributed by atoms with Crippen LogP contribution in [0.2, 0.25) is 0 Å². The van der Waals surface area contributed by atoms with Gasteiger partial charge in [-0.15, -0.1) is 0 Å². The Kier molecular flexibility index (Phi) is 6.05. The van der Waals surface area contributed by atoms with Crippen molar-refractivity contribution in [2.24, 2.45) is 0 Å². The van der Waals surface area contributed by atoms with E-state index in [1.54, 1.807) is 0 Å². The molecule has 2 aromatic carbocycles. The second kappa shape index (κ2) is 8.75. The highest BCUT2D eigenvalue weighted by Crippen LogP contribution is 2.23. The van der Waals surface area contributed by atoms with Crippen LogP contribution < -0.4 is 15.8 Å². The number of aromatic amines is 2. The lowest BCUT2D eigenvalue weighted by Gasteiger charge is -2.35. The molecule has 1 unspecified atom stereocenters. The van der Waals surface area contributed by atoms with Crippen LogP contribution in [0.1, 0.15) is 17.2 Å². The number of morpholine rings is 1. The molecule has 10 heteroatoms. The average Bonchev–Trinajstić information content (AvgIpc) is 2.75. The van der Waals surface area contributed by atoms with Gasteiger partial charge in [0.05, 0.1) is 29.1 Å². The summed E-state index contributed by atoms with van der Waals surface area (Å²) in [7, 11) is -3.85. The van der Waals surface area contributed by atoms with Crippen LogP contribution in [-0.2, 0) is 14.8 Å². The van der Waals surface area contributed by atoms with Gasteiger partial charge in [-0.3, -0.25) is 14.5 Å². The Morgan fingerprint density at radius 1 is 1.03 bits per heavy atom. The predicted octanol–water partition coefficient (Wildman–Crippen LogP) is 0.877. The van der Waals surface area contributed by atoms with Gasteiger partial charge in [0.15, 0.2) is 0 Å². The van der Waals surface area contributed by atoms with Crippen molar-refractivity contribution in [3.05, 3.63) is 74.3 Å². The van der Waals surface area contributed by atoms with E-state index in [2.05, 4.69) is 25.7 Å². The summed E-state index contributed by atoms with van der Waals surface area (Å²) in [6, 6.07) is 12.1. The third-order valence-electron chi connectivity index (χ3n) is 5.38. The molecule has 1 fully saturated rings. The Morgan fingerprint density at radius 3 is 2.45 bits per heavy atom. The first kappa shape index (κ1) is 21.4. The van der Waals surface area contributed by atoms with Crippen molar-refractivity contribution in [1.29, 1.82) is 0 Å². The van der Waals surface area contributed by atoms with Crippen molar-refractivity contribution < 1.29 is 13.2 Å². The van der Waals surface area contributed by atoms with Crippen LogP contribution in [0.5, 0.6) is 0 Å². The first-order valence-electron chi connectivity index (χ1n) is 9.98. The highest BCUT2D eigenvalue weighted by molar-refractivity contribution is 7.89. The number of aromatic nitrogens is 2. The Hall–Kier alpha value is -2.79. The van der Waals surface area contributed by atoms with E-state index < -0.39 is 21.1 Å². The molecule has 0 aliphatic carbocycles. The first-order chi connectivity index (χ1) is 14.8. The third-order valence-corrected chi connectivity index (χ3v) is 6.81. The fourth-order valence-corrected chi connectivity index (χ4v) is 4.82. The van der Waals surface area contributed by atoms with Crippen LogP contribution in [0, 0.1) is 6.92 Å². The maximum absolute atomic E-state index is 13.0. The second-order valence-corrected chi connectivity index (χ2v) is 9.31. The van der Waals surface area contributed by atoms with E-state index in [-0.39, 0.29) is 23.0 Å². The number of sulfonamides is 1. The number of nitrogens with zero attached hydrogens (tertiary/aromatic N) is 1. The Labute approximate surface area is 179 Å². The molecule has 0 saturated carbocycles. The van der Waals surface area contributed by atoms with Gasteiger partial charge in [-0.25, -0.2) is 13.1 Å². The van der Waals surface area contributed by atoms with Gasteiger partial charge in [0.25, 0.3) is 0 Å². The number of benzene rings is 2. The molecule has 1 aliphatic rings. The molecule has 3 aromatic rings. The molecule has 1 aromatic heterocycles. The normalized spacial score (nSPS) is 16.4. The minimum atomic E-state index is -3.85. The van der Waals surface area contributed by atoms with Crippen molar-refractivity contribution in [3.8, 4) is 0 Å². The van der Waals surface area contributed by atoms with Gasteiger partial charge in [0, 0.05) is 25.7 Å². The van der Waals surface area contributed by atoms with Gasteiger partial charge in [0.1, 0.15) is 0 Å². The molecule has 0 spiro atoms. The van der Waals surface area contributed by atoms with Crippen LogP contribution >= 0.6 is 0 Å². The largest absolute Gasteiger partial charge is 0.379 e. The van der Waals surface area contributed by atoms with E-state index in [1.165, 1.54) is 18.2 Å². The van der Waals surface area contributed by atoms with Crippen molar-refractivity contribution >= 4 is 21.1 Å². The quantitative estimate of drug-likeness (QED) is 0.485. The number of fused-ring (bicyclic) bond motifs is 1. The number of ether oxygens (including phenoxy) is 1. The minimum Gasteiger partial charge on any atom is -0.379 e. The number of H-pyrrole nitrogens is 2. The van der Waals surface area contributed by atoms with Crippen LogP contribution in [0.25, 0.3) is 11.0 Å². The number of aryl methyl sites for hydroxylation is 1. The summed E-state index contributed by atoms with van der Waals surface area (Å²) < 4.78 is 34.1. The molecule has 0 bridgehead atoms. The molecule has 0 amide bonds. The van der Waals surface area contributed by atoms with Gasteiger partial charge in [-0.2, -0.15) is 0 Å². The zero-order valence-corrected chi connectivity index (χ0v) is 17.9. The van der Waals surface area contributed by atoms with Gasteiger partial charge in [-0.1, -0.05) is 29.8 Å². The molecule has 31 heavy (non-hydrogen) atoms. The van der Waals surface area contributed by atoms with Crippen molar-refractivity contribution in [2.45, 2.75) is 17.9 Å². The summed E-state index contributed by atoms with van der Waals surface area (Å²) in [4.78, 5) is 30.1. The Morgan fingerprint density at radius 2 is 1.74 bits per heavy atom. The Balaban J connectivity index is 1.61. The van der Waals surface area contributed by atoms with Gasteiger partial charge >= 0.3 is 11.1 Å². The summed E-state index contributed by atoms with van der Waals surface area (Å²) in [5.41, 5.74) is 1.12. The molecule has 1 atom stereocenters. The van der Waals surface area contributed by atoms with Crippen LogP contribution in [0.3, 0.4) is 0 Å². The first-order valence-corrected chi connectivity index (χ1v) is 11.5. The van der Waals surface area contributed by atoms with E-state index >= 15 is 0 Å². The predicted molar refractivity (Wildman–Crippen MR) is 117 cm³/mol. The van der Waals surface area contributed by atoms with Gasteiger partial charge < -0.3 is 14.7 Å². The third kappa shape index (κ3) is 4.77. The smallest absolute Gasteiger partial charge is 0.314 e. The van der Waals surface area contributed by atoms with Crippen molar-refractivity contribution in [1.82, 2.24) is 19.6 Å². The summed E-state index contributed by atoms with van der Waals surface area (Å²) >= 11 is 0. The highest BCUT2D eigenvalue weighted by Gasteiger charge is 2.25. The fraction of sp³-hybridized carbons (Fsp3) is 0.333. The Bertz CT molecular complexity index is 1310. The maximum atomic E-state index is 13.0. The zero-order valence-electron chi connectivity index (χ0n) is 17.1. The topological polar surface area (TPSA) is 124 Å². The van der Waals surface area contributed by atoms with Crippen molar-refractivity contribution in [2.75, 3.05) is 32.8 Å². The summed E-state index contributed by atoms with van der Waals surface area (Å²) in [5, 5.41) is 0. The van der Waals surface area contributed by atoms with Gasteiger partial charge in [-0.05, 0) is 30.7 Å². The van der Waals surface area contributed by atoms with E-state index in [0.717, 1.165) is 11.1 Å². The average molecular weight is 445 g/mol. The van der Waals surface area contributed by atoms with E-state index in [9.17, 15) is 18.0 Å². The lowest BCUT2D eigenvalue weighted by atomic mass is 10.0. The van der Waals surface area contributed by atoms with E-state index in [0.29, 0.717) is 31.8 Å². The molecule has 2 heterocycles. The molecule has 3 N–H and O–H groups in total. The number of rotatable bonds is 6. The lowest BCUT2D eigenvalue weighted by Crippen LogP contribution is -2.43. The SMILES string of the molecule is Cc1cccc(C(CNS(=O)(=O)c2ccc3[nH]c(=O)c(=O)[nH]c3c2)N2CCOCC2)c1. The molecular formula is C21H24N4O5S. The van der Waals surface area contributed by atoms with Gasteiger partial charge in [0.2, 0.25) is 10.0 Å². The summed E-state index contributed by atoms with van der Waals surface area (Å²) in [5.74, 6) is 0. The van der Waals surface area contributed by atoms with Crippen LogP contribution in [-0.4, -0.2) is 56.1 Å². The monoisotopic (exact) mass is 444 g/mol. The number of hydrogen-bond donors (Lipinski definition) is 3. The maximum Gasteiger partial charge on any atom is 0.314 e. The van der Waals surface area contributed by atoms with Crippen molar-refractivity contribution in [3.63, 3.8) is 0 Å². The molecular weight excluding hydrogens is 420 g/mol. The summed E-state index contributed by atoms with van der Waals surface area (Å²) in [6.45, 7) is 4.82. The molecule has 0 radical (unpaired) electrons. The lowest BCUT2D eigenvalue weighted by molar-refractivity contribution is 0.0172. The molecule has 1 aliphatic heterocycles. The number of hydrogen-bond acceptors (Lipinski definition) is 6. The zero-order chi connectivity index (χ0) is 22.0. The number of nitrogens with one attached hydrogen (secondary N) is 3. The van der Waals surface area contributed by atoms with E-state index in [4.69, 9.17) is 4.74 Å². The molecule has 1 saturated heterocycles. The molecule has 4 rings (SSSR count). The van der Waals surface area contributed by atoms with Crippen LogP contribution in [0.4, 0.5) is 0 Å². The van der Waals surface area contributed by atoms with E-state index in [1.807, 2.05) is 25.1 Å². The van der Waals surface area contributed by atoms with Crippen LogP contribution in [0.15, 0.2) is 56.9 Å². The molecule has 164 valence electrons. The molecule has 9 nitrogen and oxygen atoms in total. The fourth-order valence-electron chi connectivity index (χ4n) is 3.76.